The van der Waals surface area contributed by atoms with E-state index in [1.165, 1.54) is 23.0 Å². The van der Waals surface area contributed by atoms with Crippen LogP contribution in [-0.4, -0.2) is 43.4 Å². The molecule has 4 aromatic rings. The summed E-state index contributed by atoms with van der Waals surface area (Å²) in [6.45, 7) is 5.43. The van der Waals surface area contributed by atoms with E-state index in [9.17, 15) is 14.4 Å². The molecule has 1 aromatic heterocycles. The fraction of sp³-hybridized carbons (Fsp3) is 0.257. The number of hydrogen-bond donors (Lipinski definition) is 0. The van der Waals surface area contributed by atoms with Crippen molar-refractivity contribution in [1.82, 2.24) is 4.57 Å². The molecule has 0 bridgehead atoms. The van der Waals surface area contributed by atoms with Crippen LogP contribution in [0.1, 0.15) is 43.5 Å². The molecule has 5 rings (SSSR count). The van der Waals surface area contributed by atoms with Gasteiger partial charge in [-0.1, -0.05) is 62.6 Å². The van der Waals surface area contributed by atoms with E-state index in [1.54, 1.807) is 63.2 Å². The van der Waals surface area contributed by atoms with Gasteiger partial charge in [-0.3, -0.25) is 9.36 Å². The fourth-order valence-electron chi connectivity index (χ4n) is 5.15. The lowest BCUT2D eigenvalue weighted by Gasteiger charge is -2.25. The van der Waals surface area contributed by atoms with Crippen LogP contribution < -0.4 is 29.1 Å². The van der Waals surface area contributed by atoms with Gasteiger partial charge in [0, 0.05) is 25.6 Å². The summed E-state index contributed by atoms with van der Waals surface area (Å²) in [5.41, 5.74) is 2.08. The lowest BCUT2D eigenvalue weighted by molar-refractivity contribution is -0.143. The maximum Gasteiger partial charge on any atom is 0.343 e. The molecular weight excluding hydrogens is 839 g/mol. The van der Waals surface area contributed by atoms with E-state index in [2.05, 4.69) is 36.9 Å². The van der Waals surface area contributed by atoms with Gasteiger partial charge < -0.3 is 23.7 Å². The van der Waals surface area contributed by atoms with Gasteiger partial charge in [-0.2, -0.15) is 0 Å². The molecule has 0 radical (unpaired) electrons. The zero-order chi connectivity index (χ0) is 36.1. The van der Waals surface area contributed by atoms with E-state index in [1.807, 2.05) is 12.1 Å². The fourth-order valence-corrected chi connectivity index (χ4v) is 8.03. The van der Waals surface area contributed by atoms with Gasteiger partial charge >= 0.3 is 11.9 Å². The van der Waals surface area contributed by atoms with Crippen LogP contribution in [0.15, 0.2) is 78.5 Å². The molecular formula is C35H30Br2Cl2N2O8S. The molecule has 0 fully saturated rings. The van der Waals surface area contributed by atoms with Crippen molar-refractivity contribution in [3.05, 3.63) is 115 Å². The Morgan fingerprint density at radius 1 is 1.00 bits per heavy atom. The van der Waals surface area contributed by atoms with Crippen molar-refractivity contribution in [2.24, 2.45) is 4.99 Å². The molecule has 1 aliphatic heterocycles. The van der Waals surface area contributed by atoms with E-state index in [-0.39, 0.29) is 37.6 Å². The largest absolute Gasteiger partial charge is 0.490 e. The van der Waals surface area contributed by atoms with Crippen molar-refractivity contribution in [1.29, 1.82) is 0 Å². The highest BCUT2D eigenvalue weighted by Gasteiger charge is 2.34. The second kappa shape index (κ2) is 16.6. The molecule has 0 aliphatic carbocycles. The maximum absolute atomic E-state index is 14.4. The van der Waals surface area contributed by atoms with Crippen LogP contribution in [0, 0.1) is 0 Å². The van der Waals surface area contributed by atoms with Gasteiger partial charge in [0.05, 0.1) is 46.6 Å². The molecule has 0 spiro atoms. The average molecular weight is 869 g/mol. The number of aromatic nitrogens is 1. The van der Waals surface area contributed by atoms with Gasteiger partial charge in [-0.25, -0.2) is 14.6 Å². The van der Waals surface area contributed by atoms with Gasteiger partial charge in [-0.15, -0.1) is 0 Å². The SMILES string of the molecule is CCOC(=O)C1=C(C)N=c2s/c(=C/c3cc(Br)cc(Br)c3OCc3ccc(Cl)cc3Cl)c(=O)n2[C@@H]1c1ccc(OCC(=O)OC)c(OCC)c1. The number of nitrogens with zero attached hydrogens (tertiary/aromatic N) is 2. The van der Waals surface area contributed by atoms with Crippen LogP contribution in [0.5, 0.6) is 17.2 Å². The summed E-state index contributed by atoms with van der Waals surface area (Å²) >= 11 is 20.8. The molecule has 0 amide bonds. The molecule has 3 aromatic carbocycles. The monoisotopic (exact) mass is 866 g/mol. The molecule has 0 saturated heterocycles. The van der Waals surface area contributed by atoms with Crippen LogP contribution in [0.2, 0.25) is 10.0 Å². The second-order valence-corrected chi connectivity index (χ2v) is 14.3. The molecule has 0 unspecified atom stereocenters. The molecule has 0 saturated carbocycles. The van der Waals surface area contributed by atoms with Crippen molar-refractivity contribution in [2.45, 2.75) is 33.4 Å². The minimum atomic E-state index is -0.918. The predicted molar refractivity (Wildman–Crippen MR) is 198 cm³/mol. The summed E-state index contributed by atoms with van der Waals surface area (Å²) in [6.07, 6.45) is 1.72. The topological polar surface area (TPSA) is 115 Å². The first kappa shape index (κ1) is 37.6. The Balaban J connectivity index is 1.64. The van der Waals surface area contributed by atoms with Gasteiger partial charge in [0.1, 0.15) is 12.4 Å². The lowest BCUT2D eigenvalue weighted by atomic mass is 9.95. The predicted octanol–water partition coefficient (Wildman–Crippen LogP) is 7.16. The van der Waals surface area contributed by atoms with Crippen molar-refractivity contribution in [3.8, 4) is 17.2 Å². The Labute approximate surface area is 318 Å². The Kier molecular flexibility index (Phi) is 12.5. The number of fused-ring (bicyclic) bond motifs is 1. The summed E-state index contributed by atoms with van der Waals surface area (Å²) in [5.74, 6) is -0.0834. The maximum atomic E-state index is 14.4. The summed E-state index contributed by atoms with van der Waals surface area (Å²) < 4.78 is 31.1. The first-order valence-electron chi connectivity index (χ1n) is 15.2. The van der Waals surface area contributed by atoms with Crippen LogP contribution in [0.25, 0.3) is 6.08 Å². The Morgan fingerprint density at radius 2 is 1.78 bits per heavy atom. The van der Waals surface area contributed by atoms with Crippen LogP contribution in [-0.2, 0) is 25.7 Å². The standard InChI is InChI=1S/C35H30Br2Cl2N2O8S/c1-5-46-27-12-19(8-10-26(27)48-17-29(42)45-4)31-30(34(44)47-6-2)18(3)40-35-41(31)33(43)28(50-35)13-21-11-22(36)14-24(37)32(21)49-16-20-7-9-23(38)15-25(20)39/h7-15,31H,5-6,16-17H2,1-4H3/b28-13+/t31-/m1/s1. The number of benzene rings is 3. The number of esters is 2. The van der Waals surface area contributed by atoms with E-state index < -0.39 is 18.0 Å². The molecule has 2 heterocycles. The second-order valence-electron chi connectivity index (χ2n) is 10.6. The summed E-state index contributed by atoms with van der Waals surface area (Å²) in [4.78, 5) is 44.6. The van der Waals surface area contributed by atoms with Crippen LogP contribution in [0.3, 0.4) is 0 Å². The van der Waals surface area contributed by atoms with E-state index in [4.69, 9.17) is 46.9 Å². The number of thiazole rings is 1. The van der Waals surface area contributed by atoms with E-state index >= 15 is 0 Å². The van der Waals surface area contributed by atoms with Crippen molar-refractivity contribution in [2.75, 3.05) is 26.9 Å². The zero-order valence-corrected chi connectivity index (χ0v) is 32.7. The number of allylic oxidation sites excluding steroid dienone is 1. The minimum absolute atomic E-state index is 0.124. The molecule has 0 N–H and O–H groups in total. The summed E-state index contributed by atoms with van der Waals surface area (Å²) in [6, 6.07) is 12.9. The minimum Gasteiger partial charge on any atom is -0.490 e. The number of ether oxygens (including phenoxy) is 5. The quantitative estimate of drug-likeness (QED) is 0.138. The summed E-state index contributed by atoms with van der Waals surface area (Å²) in [7, 11) is 1.26. The normalized spacial score (nSPS) is 14.2. The van der Waals surface area contributed by atoms with Gasteiger partial charge in [0.25, 0.3) is 5.56 Å². The molecule has 262 valence electrons. The van der Waals surface area contributed by atoms with Gasteiger partial charge in [0.15, 0.2) is 22.9 Å². The number of methoxy groups -OCH3 is 1. The highest BCUT2D eigenvalue weighted by Crippen LogP contribution is 2.37. The molecule has 10 nitrogen and oxygen atoms in total. The summed E-state index contributed by atoms with van der Waals surface area (Å²) in [5, 5.41) is 0.972. The van der Waals surface area contributed by atoms with Gasteiger partial charge in [0.2, 0.25) is 0 Å². The third-order valence-corrected chi connectivity index (χ3v) is 10.0. The van der Waals surface area contributed by atoms with Crippen molar-refractivity contribution >= 4 is 84.4 Å². The lowest BCUT2D eigenvalue weighted by Crippen LogP contribution is -2.40. The van der Waals surface area contributed by atoms with Crippen molar-refractivity contribution in [3.63, 3.8) is 0 Å². The van der Waals surface area contributed by atoms with Crippen molar-refractivity contribution < 1.29 is 33.3 Å². The first-order chi connectivity index (χ1) is 23.9. The zero-order valence-electron chi connectivity index (χ0n) is 27.2. The van der Waals surface area contributed by atoms with E-state index in [0.717, 1.165) is 10.0 Å². The Bertz CT molecular complexity index is 2180. The van der Waals surface area contributed by atoms with Gasteiger partial charge in [-0.05, 0) is 84.7 Å². The third kappa shape index (κ3) is 8.29. The first-order valence-corrected chi connectivity index (χ1v) is 18.3. The van der Waals surface area contributed by atoms with Crippen LogP contribution >= 0.6 is 66.4 Å². The Hall–Kier alpha value is -3.62. The van der Waals surface area contributed by atoms with Crippen LogP contribution in [0.4, 0.5) is 0 Å². The third-order valence-electron chi connectivity index (χ3n) is 7.38. The average Bonchev–Trinajstić information content (AvgIpc) is 3.37. The number of halogens is 4. The smallest absolute Gasteiger partial charge is 0.343 e. The number of carbonyl (C=O) groups excluding carboxylic acids is 2. The molecule has 1 atom stereocenters. The molecule has 15 heteroatoms. The van der Waals surface area contributed by atoms with E-state index in [0.29, 0.717) is 57.9 Å². The number of hydrogen-bond acceptors (Lipinski definition) is 10. The number of carbonyl (C=O) groups is 2. The number of rotatable bonds is 12. The highest BCUT2D eigenvalue weighted by molar-refractivity contribution is 9.11. The molecule has 1 aliphatic rings. The Morgan fingerprint density at radius 3 is 2.48 bits per heavy atom. The highest BCUT2D eigenvalue weighted by atomic mass is 79.9. The molecule has 50 heavy (non-hydrogen) atoms.